The molecule has 1 saturated carbocycles. The minimum Gasteiger partial charge on any atom is -0.493 e. The van der Waals surface area contributed by atoms with Gasteiger partial charge < -0.3 is 50.3 Å². The van der Waals surface area contributed by atoms with Crippen molar-refractivity contribution < 1.29 is 57.1 Å². The monoisotopic (exact) mass is 827 g/mol. The van der Waals surface area contributed by atoms with Crippen LogP contribution in [0, 0.1) is 17.0 Å². The average molecular weight is 828 g/mol. The molecule has 6 rings (SSSR count). The maximum atomic E-state index is 14.7. The summed E-state index contributed by atoms with van der Waals surface area (Å²) in [5.41, 5.74) is 6.48. The number of methoxy groups -OCH3 is 1. The zero-order valence-electron chi connectivity index (χ0n) is 33.8. The van der Waals surface area contributed by atoms with E-state index in [1.165, 1.54) is 36.4 Å². The maximum absolute atomic E-state index is 14.7. The predicted octanol–water partition coefficient (Wildman–Crippen LogP) is 5.65. The van der Waals surface area contributed by atoms with E-state index in [4.69, 9.17) is 30.2 Å². The summed E-state index contributed by atoms with van der Waals surface area (Å²) in [7, 11) is 4.25. The standard InChI is InChI=1S/C27H30FN3O4.C7H6FNO.C5H9NO3.C2H6O.CH4O/c1-27(8-9-27)26(32)30-19-3-6-25(22(28)17-19)35-24-7-10-29-23-18-20(4-5-21(23)24)34-14-2-11-31-12-15-33-16-13-31;8-6-1-3-7(4-2-6)9-5-10;6-4(3-7)1-2-5(8)9;1-3-2;1-2/h3-7,10,17-18H,2,8-9,11-16H2,1H3,(H,30,32);1-5H,(H,9,10);3-4H,1-2,6H2,(H,8,9);1-2H3;2H,1H3. The number of ether oxygens (including phenoxy) is 4. The van der Waals surface area contributed by atoms with Gasteiger partial charge in [0.2, 0.25) is 12.3 Å². The molecule has 15 nitrogen and oxygen atoms in total. The second-order valence-corrected chi connectivity index (χ2v) is 13.3. The third kappa shape index (κ3) is 18.7. The summed E-state index contributed by atoms with van der Waals surface area (Å²) in [6.07, 6.45) is 5.55. The molecule has 2 aliphatic rings. The van der Waals surface area contributed by atoms with Crippen LogP contribution in [-0.2, 0) is 28.7 Å². The van der Waals surface area contributed by atoms with Crippen LogP contribution in [0.5, 0.6) is 17.2 Å². The number of nitrogens with one attached hydrogen (secondary N) is 2. The molecule has 1 aliphatic heterocycles. The number of morpholine rings is 1. The van der Waals surface area contributed by atoms with E-state index in [-0.39, 0.29) is 35.7 Å². The smallest absolute Gasteiger partial charge is 0.303 e. The fourth-order valence-corrected chi connectivity index (χ4v) is 5.03. The van der Waals surface area contributed by atoms with Crippen LogP contribution in [0.2, 0.25) is 0 Å². The number of nitrogens with two attached hydrogens (primary N) is 1. The molecule has 17 heteroatoms. The van der Waals surface area contributed by atoms with Gasteiger partial charge in [-0.05, 0) is 80.3 Å². The lowest BCUT2D eigenvalue weighted by atomic mass is 10.1. The number of rotatable bonds is 15. The summed E-state index contributed by atoms with van der Waals surface area (Å²) in [6, 6.07) is 16.7. The summed E-state index contributed by atoms with van der Waals surface area (Å²) in [5, 5.41) is 21.0. The van der Waals surface area contributed by atoms with Crippen LogP contribution in [0.15, 0.2) is 72.9 Å². The number of nitrogens with zero attached hydrogens (tertiary/aromatic N) is 2. The minimum absolute atomic E-state index is 0.0418. The molecule has 4 aromatic rings. The third-order valence-corrected chi connectivity index (χ3v) is 8.56. The molecule has 0 radical (unpaired) electrons. The van der Waals surface area contributed by atoms with Crippen molar-refractivity contribution in [1.29, 1.82) is 0 Å². The summed E-state index contributed by atoms with van der Waals surface area (Å²) in [6.45, 7) is 7.05. The van der Waals surface area contributed by atoms with Crippen LogP contribution in [0.25, 0.3) is 10.9 Å². The van der Waals surface area contributed by atoms with Crippen LogP contribution in [0.4, 0.5) is 20.2 Å². The van der Waals surface area contributed by atoms with E-state index in [1.54, 1.807) is 32.5 Å². The molecule has 2 fully saturated rings. The largest absolute Gasteiger partial charge is 0.493 e. The van der Waals surface area contributed by atoms with Gasteiger partial charge in [-0.25, -0.2) is 8.78 Å². The molecule has 1 aliphatic carbocycles. The zero-order chi connectivity index (χ0) is 43.6. The van der Waals surface area contributed by atoms with Gasteiger partial charge in [0.15, 0.2) is 11.6 Å². The quantitative estimate of drug-likeness (QED) is 0.0726. The molecular weight excluding hydrogens is 772 g/mol. The number of hydrogen-bond acceptors (Lipinski definition) is 12. The lowest BCUT2D eigenvalue weighted by molar-refractivity contribution is -0.137. The number of aldehydes is 1. The Morgan fingerprint density at radius 2 is 1.64 bits per heavy atom. The number of aliphatic hydroxyl groups is 1. The molecule has 1 atom stereocenters. The number of carbonyl (C=O) groups excluding carboxylic acids is 3. The molecular formula is C42H55F2N5O10. The number of benzene rings is 3. The summed E-state index contributed by atoms with van der Waals surface area (Å²) < 4.78 is 48.4. The Kier molecular flexibility index (Phi) is 22.8. The van der Waals surface area contributed by atoms with E-state index in [9.17, 15) is 28.0 Å². The Balaban J connectivity index is 0.000000408. The van der Waals surface area contributed by atoms with E-state index in [0.29, 0.717) is 41.9 Å². The molecule has 322 valence electrons. The predicted molar refractivity (Wildman–Crippen MR) is 220 cm³/mol. The zero-order valence-corrected chi connectivity index (χ0v) is 33.8. The summed E-state index contributed by atoms with van der Waals surface area (Å²) >= 11 is 0. The van der Waals surface area contributed by atoms with E-state index < -0.39 is 17.8 Å². The van der Waals surface area contributed by atoms with Crippen molar-refractivity contribution >= 4 is 46.9 Å². The number of anilines is 2. The van der Waals surface area contributed by atoms with Gasteiger partial charge in [-0.1, -0.05) is 6.92 Å². The van der Waals surface area contributed by atoms with Crippen molar-refractivity contribution in [2.45, 2.75) is 45.1 Å². The molecule has 1 aromatic heterocycles. The highest BCUT2D eigenvalue weighted by Gasteiger charge is 2.44. The first-order chi connectivity index (χ1) is 28.4. The topological polar surface area (TPSA) is 212 Å². The van der Waals surface area contributed by atoms with E-state index >= 15 is 0 Å². The number of carboxylic acids is 1. The van der Waals surface area contributed by atoms with Crippen LogP contribution in [-0.4, -0.2) is 111 Å². The van der Waals surface area contributed by atoms with Gasteiger partial charge in [-0.15, -0.1) is 0 Å². The number of fused-ring (bicyclic) bond motifs is 1. The summed E-state index contributed by atoms with van der Waals surface area (Å²) in [5.74, 6) is -0.547. The number of halogens is 2. The van der Waals surface area contributed by atoms with Gasteiger partial charge in [0.25, 0.3) is 0 Å². The first-order valence-corrected chi connectivity index (χ1v) is 18.7. The number of aliphatic hydroxyl groups excluding tert-OH is 1. The lowest BCUT2D eigenvalue weighted by Crippen LogP contribution is -2.37. The van der Waals surface area contributed by atoms with Crippen LogP contribution in [0.1, 0.15) is 39.0 Å². The highest BCUT2D eigenvalue weighted by Crippen LogP contribution is 2.46. The van der Waals surface area contributed by atoms with E-state index in [1.807, 2.05) is 25.1 Å². The number of carboxylic acid groups (broad SMARTS) is 1. The molecule has 1 saturated heterocycles. The normalized spacial score (nSPS) is 14.0. The molecule has 2 amide bonds. The third-order valence-electron chi connectivity index (χ3n) is 8.56. The number of hydrogen-bond donors (Lipinski definition) is 5. The number of aromatic nitrogens is 1. The summed E-state index contributed by atoms with van der Waals surface area (Å²) in [4.78, 5) is 48.5. The maximum Gasteiger partial charge on any atom is 0.303 e. The van der Waals surface area contributed by atoms with Gasteiger partial charge in [-0.2, -0.15) is 0 Å². The minimum atomic E-state index is -0.924. The Bertz CT molecular complexity index is 1880. The molecule has 2 heterocycles. The number of pyridine rings is 1. The Hall–Kier alpha value is -5.59. The molecule has 3 aromatic carbocycles. The highest BCUT2D eigenvalue weighted by molar-refractivity contribution is 5.97. The lowest BCUT2D eigenvalue weighted by Gasteiger charge is -2.26. The van der Waals surface area contributed by atoms with Crippen molar-refractivity contribution in [3.05, 3.63) is 84.6 Å². The van der Waals surface area contributed by atoms with Crippen molar-refractivity contribution in [2.24, 2.45) is 11.1 Å². The van der Waals surface area contributed by atoms with E-state index in [0.717, 1.165) is 70.4 Å². The fraction of sp³-hybridized carbons (Fsp3) is 0.405. The molecule has 0 bridgehead atoms. The molecule has 0 spiro atoms. The van der Waals surface area contributed by atoms with Gasteiger partial charge in [0.05, 0.1) is 31.4 Å². The van der Waals surface area contributed by atoms with Gasteiger partial charge in [0, 0.05) is 87.9 Å². The van der Waals surface area contributed by atoms with Crippen molar-refractivity contribution in [2.75, 3.05) is 71.4 Å². The number of amides is 2. The average Bonchev–Trinajstić information content (AvgIpc) is 4.00. The Morgan fingerprint density at radius 3 is 2.24 bits per heavy atom. The van der Waals surface area contributed by atoms with Crippen molar-refractivity contribution in [1.82, 2.24) is 9.88 Å². The van der Waals surface area contributed by atoms with Crippen molar-refractivity contribution in [3.8, 4) is 17.2 Å². The Labute approximate surface area is 342 Å². The van der Waals surface area contributed by atoms with E-state index in [2.05, 4.69) is 25.3 Å². The van der Waals surface area contributed by atoms with Gasteiger partial charge in [-0.3, -0.25) is 24.3 Å². The van der Waals surface area contributed by atoms with Crippen LogP contribution < -0.4 is 25.8 Å². The fourth-order valence-electron chi connectivity index (χ4n) is 5.03. The van der Waals surface area contributed by atoms with Gasteiger partial charge in [0.1, 0.15) is 23.6 Å². The highest BCUT2D eigenvalue weighted by atomic mass is 19.1. The van der Waals surface area contributed by atoms with Crippen LogP contribution in [0.3, 0.4) is 0 Å². The first-order valence-electron chi connectivity index (χ1n) is 18.7. The second-order valence-electron chi connectivity index (χ2n) is 13.3. The molecule has 6 N–H and O–H groups in total. The van der Waals surface area contributed by atoms with Crippen molar-refractivity contribution in [3.63, 3.8) is 0 Å². The molecule has 59 heavy (non-hydrogen) atoms. The molecule has 1 unspecified atom stereocenters. The second kappa shape index (κ2) is 27.2. The first kappa shape index (κ1) is 49.6. The van der Waals surface area contributed by atoms with Crippen LogP contribution >= 0.6 is 0 Å². The number of carbonyl (C=O) groups is 4. The van der Waals surface area contributed by atoms with Gasteiger partial charge >= 0.3 is 5.97 Å². The Morgan fingerprint density at radius 1 is 0.983 bits per heavy atom. The number of aliphatic carboxylic acids is 1. The SMILES string of the molecule is CC1(C(=O)Nc2ccc(Oc3ccnc4cc(OCCCN5CCOCC5)ccc34)c(F)c2)CC1.CO.COC.NC(C=O)CCC(=O)O.O=CNc1ccc(F)cc1.